The van der Waals surface area contributed by atoms with E-state index < -0.39 is 0 Å². The van der Waals surface area contributed by atoms with E-state index in [1.807, 2.05) is 19.2 Å². The zero-order chi connectivity index (χ0) is 13.5. The molecule has 18 heavy (non-hydrogen) atoms. The van der Waals surface area contributed by atoms with Gasteiger partial charge in [-0.15, -0.1) is 0 Å². The van der Waals surface area contributed by atoms with Crippen LogP contribution in [0.1, 0.15) is 32.4 Å². The standard InChI is InChI=1S/C15H25NO2/c1-11(2)10-18-12(3)15(16-4)13-6-8-14(17-5)9-7-13/h6-9,11-12,15-16H,10H2,1-5H3. The van der Waals surface area contributed by atoms with Crippen LogP contribution in [0, 0.1) is 5.92 Å². The molecular formula is C15H25NO2. The molecule has 3 nitrogen and oxygen atoms in total. The molecule has 2 unspecified atom stereocenters. The average molecular weight is 251 g/mol. The van der Waals surface area contributed by atoms with Crippen molar-refractivity contribution in [3.63, 3.8) is 0 Å². The summed E-state index contributed by atoms with van der Waals surface area (Å²) in [5.74, 6) is 1.44. The first-order chi connectivity index (χ1) is 8.58. The van der Waals surface area contributed by atoms with Crippen LogP contribution in [0.5, 0.6) is 5.75 Å². The van der Waals surface area contributed by atoms with Crippen LogP contribution in [0.25, 0.3) is 0 Å². The third kappa shape index (κ3) is 4.31. The highest BCUT2D eigenvalue weighted by Crippen LogP contribution is 2.22. The lowest BCUT2D eigenvalue weighted by atomic mass is 10.0. The van der Waals surface area contributed by atoms with E-state index in [0.717, 1.165) is 12.4 Å². The Kier molecular flexibility index (Phi) is 6.16. The zero-order valence-corrected chi connectivity index (χ0v) is 12.1. The van der Waals surface area contributed by atoms with E-state index in [9.17, 15) is 0 Å². The van der Waals surface area contributed by atoms with Crippen LogP contribution in [0.4, 0.5) is 0 Å². The number of rotatable bonds is 7. The van der Waals surface area contributed by atoms with Crippen molar-refractivity contribution < 1.29 is 9.47 Å². The van der Waals surface area contributed by atoms with Gasteiger partial charge in [-0.1, -0.05) is 26.0 Å². The maximum atomic E-state index is 5.87. The van der Waals surface area contributed by atoms with Crippen LogP contribution in [-0.4, -0.2) is 26.9 Å². The summed E-state index contributed by atoms with van der Waals surface area (Å²) in [7, 11) is 3.64. The summed E-state index contributed by atoms with van der Waals surface area (Å²) in [6.07, 6.45) is 0.144. The SMILES string of the molecule is CNC(c1ccc(OC)cc1)C(C)OCC(C)C. The van der Waals surface area contributed by atoms with Crippen molar-refractivity contribution in [2.75, 3.05) is 20.8 Å². The molecule has 0 aromatic heterocycles. The van der Waals surface area contributed by atoms with E-state index in [2.05, 4.69) is 38.2 Å². The Morgan fingerprint density at radius 2 is 1.72 bits per heavy atom. The molecule has 0 saturated carbocycles. The molecule has 0 bridgehead atoms. The van der Waals surface area contributed by atoms with Crippen molar-refractivity contribution in [2.45, 2.75) is 32.9 Å². The molecule has 0 fully saturated rings. The minimum Gasteiger partial charge on any atom is -0.497 e. The quantitative estimate of drug-likeness (QED) is 0.808. The lowest BCUT2D eigenvalue weighted by Gasteiger charge is -2.25. The van der Waals surface area contributed by atoms with E-state index in [1.54, 1.807) is 7.11 Å². The van der Waals surface area contributed by atoms with E-state index >= 15 is 0 Å². The number of hydrogen-bond donors (Lipinski definition) is 1. The van der Waals surface area contributed by atoms with Crippen molar-refractivity contribution in [1.82, 2.24) is 5.32 Å². The highest BCUT2D eigenvalue weighted by Gasteiger charge is 2.18. The van der Waals surface area contributed by atoms with Crippen molar-refractivity contribution >= 4 is 0 Å². The Labute approximate surface area is 110 Å². The minimum atomic E-state index is 0.144. The number of hydrogen-bond acceptors (Lipinski definition) is 3. The summed E-state index contributed by atoms with van der Waals surface area (Å²) < 4.78 is 11.0. The van der Waals surface area contributed by atoms with Crippen LogP contribution in [0.3, 0.4) is 0 Å². The summed E-state index contributed by atoms with van der Waals surface area (Å²) >= 11 is 0. The molecule has 1 N–H and O–H groups in total. The molecule has 0 spiro atoms. The van der Waals surface area contributed by atoms with Crippen molar-refractivity contribution in [3.8, 4) is 5.75 Å². The van der Waals surface area contributed by atoms with E-state index in [0.29, 0.717) is 5.92 Å². The molecule has 0 heterocycles. The molecule has 1 rings (SSSR count). The van der Waals surface area contributed by atoms with Crippen LogP contribution in [0.15, 0.2) is 24.3 Å². The first-order valence-corrected chi connectivity index (χ1v) is 6.51. The number of ether oxygens (including phenoxy) is 2. The summed E-state index contributed by atoms with van der Waals surface area (Å²) in [5, 5.41) is 3.31. The molecule has 0 saturated heterocycles. The van der Waals surface area contributed by atoms with E-state index in [4.69, 9.17) is 9.47 Å². The third-order valence-electron chi connectivity index (χ3n) is 2.95. The van der Waals surface area contributed by atoms with Gasteiger partial charge >= 0.3 is 0 Å². The monoisotopic (exact) mass is 251 g/mol. The molecular weight excluding hydrogens is 226 g/mol. The number of methoxy groups -OCH3 is 1. The first-order valence-electron chi connectivity index (χ1n) is 6.51. The van der Waals surface area contributed by atoms with Gasteiger partial charge in [-0.25, -0.2) is 0 Å². The maximum Gasteiger partial charge on any atom is 0.118 e. The Balaban J connectivity index is 2.68. The Hall–Kier alpha value is -1.06. The largest absolute Gasteiger partial charge is 0.497 e. The highest BCUT2D eigenvalue weighted by molar-refractivity contribution is 5.29. The molecule has 102 valence electrons. The molecule has 0 aliphatic heterocycles. The predicted molar refractivity (Wildman–Crippen MR) is 75.0 cm³/mol. The van der Waals surface area contributed by atoms with Gasteiger partial charge in [0.1, 0.15) is 5.75 Å². The molecule has 3 heteroatoms. The van der Waals surface area contributed by atoms with Gasteiger partial charge in [0.05, 0.1) is 19.3 Å². The van der Waals surface area contributed by atoms with Gasteiger partial charge in [-0.3, -0.25) is 0 Å². The van der Waals surface area contributed by atoms with Gasteiger partial charge in [0, 0.05) is 6.61 Å². The van der Waals surface area contributed by atoms with Crippen LogP contribution in [0.2, 0.25) is 0 Å². The second-order valence-electron chi connectivity index (χ2n) is 4.97. The van der Waals surface area contributed by atoms with Crippen LogP contribution >= 0.6 is 0 Å². The fourth-order valence-corrected chi connectivity index (χ4v) is 1.92. The third-order valence-corrected chi connectivity index (χ3v) is 2.95. The fraction of sp³-hybridized carbons (Fsp3) is 0.600. The summed E-state index contributed by atoms with van der Waals surface area (Å²) in [6, 6.07) is 8.32. The molecule has 1 aromatic carbocycles. The summed E-state index contributed by atoms with van der Waals surface area (Å²) in [4.78, 5) is 0. The number of nitrogens with one attached hydrogen (secondary N) is 1. The zero-order valence-electron chi connectivity index (χ0n) is 12.1. The predicted octanol–water partition coefficient (Wildman–Crippen LogP) is 3.02. The molecule has 0 aliphatic carbocycles. The molecule has 1 aromatic rings. The molecule has 0 radical (unpaired) electrons. The van der Waals surface area contributed by atoms with Gasteiger partial charge in [0.25, 0.3) is 0 Å². The lowest BCUT2D eigenvalue weighted by Crippen LogP contribution is -2.30. The topological polar surface area (TPSA) is 30.5 Å². The Bertz CT molecular complexity index is 335. The number of benzene rings is 1. The van der Waals surface area contributed by atoms with Gasteiger partial charge < -0.3 is 14.8 Å². The second-order valence-corrected chi connectivity index (χ2v) is 4.97. The Morgan fingerprint density at radius 3 is 2.17 bits per heavy atom. The molecule has 0 amide bonds. The number of likely N-dealkylation sites (N-methyl/N-ethyl adjacent to an activating group) is 1. The maximum absolute atomic E-state index is 5.87. The van der Waals surface area contributed by atoms with Gasteiger partial charge in [0.2, 0.25) is 0 Å². The van der Waals surface area contributed by atoms with Crippen molar-refractivity contribution in [2.24, 2.45) is 5.92 Å². The summed E-state index contributed by atoms with van der Waals surface area (Å²) in [6.45, 7) is 7.21. The van der Waals surface area contributed by atoms with Crippen molar-refractivity contribution in [1.29, 1.82) is 0 Å². The minimum absolute atomic E-state index is 0.144. The normalized spacial score (nSPS) is 14.6. The lowest BCUT2D eigenvalue weighted by molar-refractivity contribution is 0.0245. The molecule has 0 aliphatic rings. The van der Waals surface area contributed by atoms with Gasteiger partial charge in [-0.05, 0) is 37.6 Å². The second kappa shape index (κ2) is 7.39. The fourth-order valence-electron chi connectivity index (χ4n) is 1.92. The van der Waals surface area contributed by atoms with Crippen molar-refractivity contribution in [3.05, 3.63) is 29.8 Å². The summed E-state index contributed by atoms with van der Waals surface area (Å²) in [5.41, 5.74) is 1.22. The van der Waals surface area contributed by atoms with E-state index in [1.165, 1.54) is 5.56 Å². The van der Waals surface area contributed by atoms with Crippen LogP contribution in [-0.2, 0) is 4.74 Å². The van der Waals surface area contributed by atoms with Gasteiger partial charge in [0.15, 0.2) is 0 Å². The first kappa shape index (κ1) is 15.0. The van der Waals surface area contributed by atoms with Gasteiger partial charge in [-0.2, -0.15) is 0 Å². The highest BCUT2D eigenvalue weighted by atomic mass is 16.5. The Morgan fingerprint density at radius 1 is 1.11 bits per heavy atom. The van der Waals surface area contributed by atoms with Crippen LogP contribution < -0.4 is 10.1 Å². The van der Waals surface area contributed by atoms with E-state index in [-0.39, 0.29) is 12.1 Å². The average Bonchev–Trinajstić information content (AvgIpc) is 2.38. The molecule has 2 atom stereocenters. The smallest absolute Gasteiger partial charge is 0.118 e.